The molecule has 37 heavy (non-hydrogen) atoms. The Labute approximate surface area is 231 Å². The molecule has 1 aromatic carbocycles. The van der Waals surface area contributed by atoms with E-state index in [1.54, 1.807) is 0 Å². The Balaban J connectivity index is 2.57. The largest absolute Gasteiger partial charge is 0.506 e. The topological polar surface area (TPSA) is 56.3 Å². The molecule has 0 bridgehead atoms. The molecule has 216 valence electrons. The maximum absolute atomic E-state index is 10.7. The van der Waals surface area contributed by atoms with Crippen LogP contribution in [-0.2, 0) is 0 Å². The summed E-state index contributed by atoms with van der Waals surface area (Å²) in [5.41, 5.74) is 3.05. The molecule has 0 heterocycles. The average molecular weight is 518 g/mol. The van der Waals surface area contributed by atoms with E-state index in [1.165, 1.54) is 128 Å². The SMILES string of the molecule is CCCCCCCCCNc1ccc(O)c(NCCCCCCCCC)c1NCCCCCCCCC. The van der Waals surface area contributed by atoms with Crippen molar-refractivity contribution >= 4 is 17.1 Å². The van der Waals surface area contributed by atoms with Crippen LogP contribution in [0.4, 0.5) is 17.1 Å². The molecule has 0 atom stereocenters. The number of hydrogen-bond donors (Lipinski definition) is 4. The van der Waals surface area contributed by atoms with Gasteiger partial charge in [-0.1, -0.05) is 136 Å². The molecule has 0 saturated carbocycles. The summed E-state index contributed by atoms with van der Waals surface area (Å²) in [7, 11) is 0. The lowest BCUT2D eigenvalue weighted by molar-refractivity contribution is 0.477. The van der Waals surface area contributed by atoms with E-state index < -0.39 is 0 Å². The van der Waals surface area contributed by atoms with Crippen LogP contribution < -0.4 is 16.0 Å². The second kappa shape index (κ2) is 24.7. The number of benzene rings is 1. The van der Waals surface area contributed by atoms with E-state index in [0.29, 0.717) is 5.75 Å². The fourth-order valence-electron chi connectivity index (χ4n) is 5.00. The normalized spacial score (nSPS) is 11.1. The van der Waals surface area contributed by atoms with Gasteiger partial charge in [0.1, 0.15) is 11.4 Å². The van der Waals surface area contributed by atoms with Crippen molar-refractivity contribution in [1.82, 2.24) is 0 Å². The first-order valence-corrected chi connectivity index (χ1v) is 16.3. The average Bonchev–Trinajstić information content (AvgIpc) is 2.90. The van der Waals surface area contributed by atoms with Gasteiger partial charge in [0.2, 0.25) is 0 Å². The quantitative estimate of drug-likeness (QED) is 0.0532. The predicted octanol–water partition coefficient (Wildman–Crippen LogP) is 10.9. The number of rotatable bonds is 27. The van der Waals surface area contributed by atoms with E-state index in [1.807, 2.05) is 12.1 Å². The first-order chi connectivity index (χ1) is 18.2. The van der Waals surface area contributed by atoms with Crippen LogP contribution in [0.2, 0.25) is 0 Å². The van der Waals surface area contributed by atoms with Gasteiger partial charge in [0.25, 0.3) is 0 Å². The molecule has 4 N–H and O–H groups in total. The van der Waals surface area contributed by atoms with Gasteiger partial charge in [-0.3, -0.25) is 0 Å². The number of phenols is 1. The molecule has 0 fully saturated rings. The van der Waals surface area contributed by atoms with Gasteiger partial charge in [0, 0.05) is 19.6 Å². The number of aromatic hydroxyl groups is 1. The van der Waals surface area contributed by atoms with Crippen LogP contribution in [0.3, 0.4) is 0 Å². The monoisotopic (exact) mass is 517 g/mol. The third-order valence-electron chi connectivity index (χ3n) is 7.44. The van der Waals surface area contributed by atoms with E-state index in [9.17, 15) is 5.11 Å². The van der Waals surface area contributed by atoms with Gasteiger partial charge in [-0.05, 0) is 31.4 Å². The maximum atomic E-state index is 10.7. The van der Waals surface area contributed by atoms with Gasteiger partial charge in [0.15, 0.2) is 0 Å². The molecule has 0 aliphatic carbocycles. The fraction of sp³-hybridized carbons (Fsp3) is 0.818. The van der Waals surface area contributed by atoms with Crippen LogP contribution in [0, 0.1) is 0 Å². The predicted molar refractivity (Wildman–Crippen MR) is 168 cm³/mol. The van der Waals surface area contributed by atoms with Crippen molar-refractivity contribution in [2.24, 2.45) is 0 Å². The molecule has 0 aliphatic heterocycles. The first-order valence-electron chi connectivity index (χ1n) is 16.3. The Hall–Kier alpha value is -1.58. The summed E-state index contributed by atoms with van der Waals surface area (Å²) in [5, 5.41) is 21.7. The number of hydrogen-bond acceptors (Lipinski definition) is 4. The molecular formula is C33H63N3O. The molecule has 0 unspecified atom stereocenters. The van der Waals surface area contributed by atoms with Crippen LogP contribution in [-0.4, -0.2) is 24.7 Å². The third kappa shape index (κ3) is 17.5. The van der Waals surface area contributed by atoms with Gasteiger partial charge in [-0.15, -0.1) is 0 Å². The van der Waals surface area contributed by atoms with Gasteiger partial charge < -0.3 is 21.1 Å². The van der Waals surface area contributed by atoms with Crippen LogP contribution in [0.25, 0.3) is 0 Å². The number of unbranched alkanes of at least 4 members (excludes halogenated alkanes) is 18. The summed E-state index contributed by atoms with van der Waals surface area (Å²) in [6, 6.07) is 3.89. The maximum Gasteiger partial charge on any atom is 0.140 e. The highest BCUT2D eigenvalue weighted by molar-refractivity contribution is 5.86. The number of phenolic OH excluding ortho intramolecular Hbond substituents is 1. The number of anilines is 3. The zero-order chi connectivity index (χ0) is 26.8. The summed E-state index contributed by atoms with van der Waals surface area (Å²) in [6.07, 6.45) is 27.5. The first kappa shape index (κ1) is 33.4. The Morgan fingerprint density at radius 3 is 1.22 bits per heavy atom. The summed E-state index contributed by atoms with van der Waals surface area (Å²) in [6.45, 7) is 9.68. The van der Waals surface area contributed by atoms with E-state index in [2.05, 4.69) is 36.7 Å². The minimum atomic E-state index is 0.353. The van der Waals surface area contributed by atoms with E-state index in [4.69, 9.17) is 0 Å². The molecule has 0 radical (unpaired) electrons. The van der Waals surface area contributed by atoms with Crippen LogP contribution in [0.1, 0.15) is 156 Å². The van der Waals surface area contributed by atoms with Crippen molar-refractivity contribution in [3.8, 4) is 5.75 Å². The van der Waals surface area contributed by atoms with Gasteiger partial charge >= 0.3 is 0 Å². The highest BCUT2D eigenvalue weighted by Crippen LogP contribution is 2.38. The van der Waals surface area contributed by atoms with Gasteiger partial charge in [-0.25, -0.2) is 0 Å². The fourth-order valence-corrected chi connectivity index (χ4v) is 5.00. The molecule has 0 aliphatic rings. The highest BCUT2D eigenvalue weighted by Gasteiger charge is 2.13. The second-order valence-electron chi connectivity index (χ2n) is 11.0. The van der Waals surface area contributed by atoms with Gasteiger partial charge in [-0.2, -0.15) is 0 Å². The molecule has 0 amide bonds. The summed E-state index contributed by atoms with van der Waals surface area (Å²) >= 11 is 0. The van der Waals surface area contributed by atoms with Crippen LogP contribution >= 0.6 is 0 Å². The Morgan fingerprint density at radius 1 is 0.432 bits per heavy atom. The molecule has 4 heteroatoms. The second-order valence-corrected chi connectivity index (χ2v) is 11.0. The lowest BCUT2D eigenvalue weighted by Gasteiger charge is -2.20. The van der Waals surface area contributed by atoms with Crippen molar-refractivity contribution in [3.63, 3.8) is 0 Å². The zero-order valence-corrected chi connectivity index (χ0v) is 25.1. The molecule has 1 aromatic rings. The van der Waals surface area contributed by atoms with Crippen molar-refractivity contribution in [2.45, 2.75) is 156 Å². The summed E-state index contributed by atoms with van der Waals surface area (Å²) in [4.78, 5) is 0. The smallest absolute Gasteiger partial charge is 0.140 e. The van der Waals surface area contributed by atoms with E-state index in [-0.39, 0.29) is 0 Å². The Kier molecular flexibility index (Phi) is 22.4. The highest BCUT2D eigenvalue weighted by atomic mass is 16.3. The summed E-state index contributed by atoms with van der Waals surface area (Å²) in [5.74, 6) is 0.353. The zero-order valence-electron chi connectivity index (χ0n) is 25.1. The van der Waals surface area contributed by atoms with Crippen LogP contribution in [0.15, 0.2) is 12.1 Å². The van der Waals surface area contributed by atoms with Crippen molar-refractivity contribution in [1.29, 1.82) is 0 Å². The van der Waals surface area contributed by atoms with Crippen molar-refractivity contribution < 1.29 is 5.11 Å². The minimum absolute atomic E-state index is 0.353. The lowest BCUT2D eigenvalue weighted by atomic mass is 10.1. The van der Waals surface area contributed by atoms with E-state index >= 15 is 0 Å². The molecule has 4 nitrogen and oxygen atoms in total. The molecule has 1 rings (SSSR count). The Morgan fingerprint density at radius 2 is 0.784 bits per heavy atom. The molecule has 0 spiro atoms. The number of nitrogens with one attached hydrogen (secondary N) is 3. The Bertz CT molecular complexity index is 634. The minimum Gasteiger partial charge on any atom is -0.506 e. The third-order valence-corrected chi connectivity index (χ3v) is 7.44. The molecule has 0 aromatic heterocycles. The van der Waals surface area contributed by atoms with Crippen molar-refractivity contribution in [2.75, 3.05) is 35.6 Å². The molecule has 0 saturated heterocycles. The van der Waals surface area contributed by atoms with Crippen molar-refractivity contribution in [3.05, 3.63) is 12.1 Å². The molecular weight excluding hydrogens is 454 g/mol. The van der Waals surface area contributed by atoms with Gasteiger partial charge in [0.05, 0.1) is 11.4 Å². The lowest BCUT2D eigenvalue weighted by Crippen LogP contribution is -2.12. The standard InChI is InChI=1S/C33H63N3O/c1-4-7-10-13-16-19-22-27-34-30-25-26-31(37)33(36-29-24-21-18-15-12-9-6-3)32(30)35-28-23-20-17-14-11-8-5-2/h25-26,34-37H,4-24,27-29H2,1-3H3. The summed E-state index contributed by atoms with van der Waals surface area (Å²) < 4.78 is 0. The van der Waals surface area contributed by atoms with Crippen LogP contribution in [0.5, 0.6) is 5.75 Å². The van der Waals surface area contributed by atoms with E-state index in [0.717, 1.165) is 43.1 Å².